The largest absolute Gasteiger partial charge is 0.493 e. The second-order valence-electron chi connectivity index (χ2n) is 4.15. The normalized spacial score (nSPS) is 10.7. The van der Waals surface area contributed by atoms with Gasteiger partial charge < -0.3 is 14.8 Å². The quantitative estimate of drug-likeness (QED) is 0.591. The number of carbonyl (C=O) groups excluding carboxylic acids is 1. The zero-order valence-corrected chi connectivity index (χ0v) is 14.2. The van der Waals surface area contributed by atoms with Crippen molar-refractivity contribution in [3.05, 3.63) is 50.8 Å². The number of allylic oxidation sites excluding steroid dienone is 1. The van der Waals surface area contributed by atoms with Gasteiger partial charge in [0.15, 0.2) is 17.3 Å². The molecule has 0 amide bonds. The summed E-state index contributed by atoms with van der Waals surface area (Å²) in [6, 6.07) is 6.90. The van der Waals surface area contributed by atoms with Gasteiger partial charge in [0.05, 0.1) is 24.1 Å². The first kappa shape index (κ1) is 16.7. The van der Waals surface area contributed by atoms with E-state index in [2.05, 4.69) is 5.32 Å². The maximum absolute atomic E-state index is 12.0. The van der Waals surface area contributed by atoms with Crippen LogP contribution in [-0.4, -0.2) is 20.0 Å². The highest BCUT2D eigenvalue weighted by molar-refractivity contribution is 7.20. The Labute approximate surface area is 142 Å². The first-order valence-corrected chi connectivity index (χ1v) is 7.76. The molecule has 0 aliphatic heterocycles. The Bertz CT molecular complexity index is 713. The van der Waals surface area contributed by atoms with Crippen LogP contribution in [0.2, 0.25) is 8.67 Å². The molecule has 7 heteroatoms. The molecule has 0 fully saturated rings. The molecule has 1 heterocycles. The number of hydrogen-bond acceptors (Lipinski definition) is 5. The molecule has 0 aliphatic rings. The van der Waals surface area contributed by atoms with E-state index in [1.54, 1.807) is 32.4 Å². The molecular formula is C15H13Cl2NO3S. The summed E-state index contributed by atoms with van der Waals surface area (Å²) < 4.78 is 11.2. The number of hydrogen-bond donors (Lipinski definition) is 1. The van der Waals surface area contributed by atoms with E-state index in [-0.39, 0.29) is 5.78 Å². The topological polar surface area (TPSA) is 47.6 Å². The molecule has 2 rings (SSSR count). The minimum absolute atomic E-state index is 0.221. The lowest BCUT2D eigenvalue weighted by Gasteiger charge is -2.09. The Kier molecular flexibility index (Phi) is 5.71. The number of carbonyl (C=O) groups is 1. The van der Waals surface area contributed by atoms with Gasteiger partial charge in [-0.3, -0.25) is 4.79 Å². The number of methoxy groups -OCH3 is 2. The Morgan fingerprint density at radius 1 is 1.18 bits per heavy atom. The van der Waals surface area contributed by atoms with Gasteiger partial charge in [0.2, 0.25) is 0 Å². The van der Waals surface area contributed by atoms with E-state index in [4.69, 9.17) is 32.7 Å². The van der Waals surface area contributed by atoms with Crippen LogP contribution in [0.1, 0.15) is 10.4 Å². The molecular weight excluding hydrogens is 345 g/mol. The monoisotopic (exact) mass is 357 g/mol. The number of nitrogens with one attached hydrogen (secondary N) is 1. The zero-order valence-electron chi connectivity index (χ0n) is 11.9. The van der Waals surface area contributed by atoms with Crippen molar-refractivity contribution in [3.63, 3.8) is 0 Å². The van der Waals surface area contributed by atoms with Crippen molar-refractivity contribution >= 4 is 46.0 Å². The molecule has 0 atom stereocenters. The summed E-state index contributed by atoms with van der Waals surface area (Å²) >= 11 is 12.9. The average Bonchev–Trinajstić information content (AvgIpc) is 2.85. The number of ketones is 1. The van der Waals surface area contributed by atoms with Crippen LogP contribution in [0.25, 0.3) is 0 Å². The van der Waals surface area contributed by atoms with Crippen LogP contribution in [0, 0.1) is 0 Å². The average molecular weight is 358 g/mol. The number of thiophene rings is 1. The summed E-state index contributed by atoms with van der Waals surface area (Å²) in [6.45, 7) is 0. The van der Waals surface area contributed by atoms with Gasteiger partial charge in [0.25, 0.3) is 0 Å². The summed E-state index contributed by atoms with van der Waals surface area (Å²) in [4.78, 5) is 12.0. The third-order valence-corrected chi connectivity index (χ3v) is 4.28. The standard InChI is InChI=1S/C15H13Cl2NO3S/c1-20-12-4-3-9(7-13(12)21-2)18-6-5-11(19)10-8-14(16)22-15(10)17/h3-8,18H,1-2H3/b6-5+. The van der Waals surface area contributed by atoms with Gasteiger partial charge in [-0.15, -0.1) is 11.3 Å². The molecule has 0 radical (unpaired) electrons. The maximum Gasteiger partial charge on any atom is 0.189 e. The molecule has 2 aromatic rings. The summed E-state index contributed by atoms with van der Waals surface area (Å²) in [5, 5.41) is 2.99. The summed E-state index contributed by atoms with van der Waals surface area (Å²) in [5.74, 6) is 1.01. The van der Waals surface area contributed by atoms with Gasteiger partial charge in [-0.25, -0.2) is 0 Å². The first-order chi connectivity index (χ1) is 10.5. The molecule has 0 spiro atoms. The molecule has 22 heavy (non-hydrogen) atoms. The van der Waals surface area contributed by atoms with Crippen LogP contribution in [0.4, 0.5) is 5.69 Å². The summed E-state index contributed by atoms with van der Waals surface area (Å²) in [6.07, 6.45) is 2.92. The molecule has 1 aromatic heterocycles. The Morgan fingerprint density at radius 2 is 1.91 bits per heavy atom. The SMILES string of the molecule is COc1ccc(N/C=C/C(=O)c2cc(Cl)sc2Cl)cc1OC. The molecule has 0 aliphatic carbocycles. The van der Waals surface area contributed by atoms with E-state index in [0.717, 1.165) is 17.0 Å². The molecule has 4 nitrogen and oxygen atoms in total. The second-order valence-corrected chi connectivity index (χ2v) is 6.44. The Morgan fingerprint density at radius 3 is 2.50 bits per heavy atom. The smallest absolute Gasteiger partial charge is 0.189 e. The zero-order chi connectivity index (χ0) is 16.1. The third-order valence-electron chi connectivity index (χ3n) is 2.79. The fourth-order valence-electron chi connectivity index (χ4n) is 1.74. The van der Waals surface area contributed by atoms with Gasteiger partial charge in [-0.2, -0.15) is 0 Å². The Hall–Kier alpha value is -1.69. The number of rotatable bonds is 6. The highest BCUT2D eigenvalue weighted by atomic mass is 35.5. The van der Waals surface area contributed by atoms with Crippen LogP contribution in [0.15, 0.2) is 36.5 Å². The van der Waals surface area contributed by atoms with Crippen LogP contribution in [-0.2, 0) is 0 Å². The van der Waals surface area contributed by atoms with Crippen LogP contribution < -0.4 is 14.8 Å². The predicted octanol–water partition coefficient (Wildman–Crippen LogP) is 4.88. The minimum atomic E-state index is -0.221. The van der Waals surface area contributed by atoms with E-state index in [0.29, 0.717) is 25.7 Å². The predicted molar refractivity (Wildman–Crippen MR) is 91.0 cm³/mol. The van der Waals surface area contributed by atoms with Crippen LogP contribution >= 0.6 is 34.5 Å². The highest BCUT2D eigenvalue weighted by Crippen LogP contribution is 2.32. The number of ether oxygens (including phenoxy) is 2. The maximum atomic E-state index is 12.0. The third kappa shape index (κ3) is 3.94. The van der Waals surface area contributed by atoms with E-state index in [1.165, 1.54) is 12.3 Å². The van der Waals surface area contributed by atoms with Crippen molar-refractivity contribution in [1.82, 2.24) is 0 Å². The van der Waals surface area contributed by atoms with Gasteiger partial charge in [-0.1, -0.05) is 23.2 Å². The summed E-state index contributed by atoms with van der Waals surface area (Å²) in [5.41, 5.74) is 1.15. The fourth-order valence-corrected chi connectivity index (χ4v) is 3.21. The van der Waals surface area contributed by atoms with E-state index >= 15 is 0 Å². The molecule has 0 unspecified atom stereocenters. The van der Waals surface area contributed by atoms with Crippen molar-refractivity contribution in [2.45, 2.75) is 0 Å². The van der Waals surface area contributed by atoms with Crippen molar-refractivity contribution < 1.29 is 14.3 Å². The highest BCUT2D eigenvalue weighted by Gasteiger charge is 2.11. The lowest BCUT2D eigenvalue weighted by Crippen LogP contribution is -1.96. The van der Waals surface area contributed by atoms with Crippen LogP contribution in [0.3, 0.4) is 0 Å². The molecule has 0 saturated heterocycles. The molecule has 0 saturated carbocycles. The molecule has 1 N–H and O–H groups in total. The number of benzene rings is 1. The van der Waals surface area contributed by atoms with Gasteiger partial charge in [0.1, 0.15) is 4.34 Å². The van der Waals surface area contributed by atoms with Crippen LogP contribution in [0.5, 0.6) is 11.5 Å². The molecule has 0 bridgehead atoms. The fraction of sp³-hybridized carbons (Fsp3) is 0.133. The first-order valence-electron chi connectivity index (χ1n) is 6.19. The van der Waals surface area contributed by atoms with E-state index < -0.39 is 0 Å². The van der Waals surface area contributed by atoms with Crippen molar-refractivity contribution in [2.24, 2.45) is 0 Å². The van der Waals surface area contributed by atoms with Gasteiger partial charge in [-0.05, 0) is 18.2 Å². The lowest BCUT2D eigenvalue weighted by atomic mass is 10.2. The van der Waals surface area contributed by atoms with Gasteiger partial charge in [0, 0.05) is 24.0 Å². The van der Waals surface area contributed by atoms with Crippen molar-refractivity contribution in [2.75, 3.05) is 19.5 Å². The minimum Gasteiger partial charge on any atom is -0.493 e. The second kappa shape index (κ2) is 7.54. The van der Waals surface area contributed by atoms with Crippen molar-refractivity contribution in [1.29, 1.82) is 0 Å². The lowest BCUT2D eigenvalue weighted by molar-refractivity contribution is 0.104. The van der Waals surface area contributed by atoms with E-state index in [1.807, 2.05) is 6.07 Å². The Balaban J connectivity index is 2.06. The van der Waals surface area contributed by atoms with E-state index in [9.17, 15) is 4.79 Å². The van der Waals surface area contributed by atoms with Gasteiger partial charge >= 0.3 is 0 Å². The summed E-state index contributed by atoms with van der Waals surface area (Å²) in [7, 11) is 3.13. The van der Waals surface area contributed by atoms with Crippen molar-refractivity contribution in [3.8, 4) is 11.5 Å². The number of anilines is 1. The molecule has 116 valence electrons. The molecule has 1 aromatic carbocycles. The number of halogens is 2.